The Bertz CT molecular complexity index is 199. The van der Waals surface area contributed by atoms with Crippen molar-refractivity contribution in [2.75, 3.05) is 26.3 Å². The first kappa shape index (κ1) is 10.4. The smallest absolute Gasteiger partial charge is 0.169 e. The van der Waals surface area contributed by atoms with Crippen molar-refractivity contribution in [2.45, 2.75) is 33.0 Å². The zero-order valence-corrected chi connectivity index (χ0v) is 9.43. The molecule has 2 heterocycles. The van der Waals surface area contributed by atoms with Crippen LogP contribution in [0.5, 0.6) is 0 Å². The van der Waals surface area contributed by atoms with Crippen molar-refractivity contribution in [3.8, 4) is 0 Å². The van der Waals surface area contributed by atoms with Crippen molar-refractivity contribution < 1.29 is 9.47 Å². The number of rotatable bonds is 1. The standard InChI is InChI=1S/C11H21NO2/c1-10(2)7-13-11(3,14-8-10)9-4-5-12-6-9/h9,12H,4-8H2,1-3H3. The molecule has 0 spiro atoms. The van der Waals surface area contributed by atoms with Gasteiger partial charge < -0.3 is 14.8 Å². The van der Waals surface area contributed by atoms with E-state index in [0.29, 0.717) is 5.92 Å². The zero-order valence-electron chi connectivity index (χ0n) is 9.43. The Balaban J connectivity index is 1.97. The molecule has 3 heteroatoms. The minimum atomic E-state index is -0.348. The summed E-state index contributed by atoms with van der Waals surface area (Å²) in [6, 6.07) is 0. The zero-order chi connectivity index (χ0) is 10.2. The molecule has 2 aliphatic rings. The largest absolute Gasteiger partial charge is 0.349 e. The molecule has 14 heavy (non-hydrogen) atoms. The van der Waals surface area contributed by atoms with Crippen molar-refractivity contribution >= 4 is 0 Å². The molecule has 2 rings (SSSR count). The van der Waals surface area contributed by atoms with Crippen molar-refractivity contribution in [2.24, 2.45) is 11.3 Å². The van der Waals surface area contributed by atoms with Crippen LogP contribution in [0.4, 0.5) is 0 Å². The maximum absolute atomic E-state index is 5.90. The first-order valence-corrected chi connectivity index (χ1v) is 5.50. The fourth-order valence-electron chi connectivity index (χ4n) is 2.10. The van der Waals surface area contributed by atoms with E-state index < -0.39 is 0 Å². The van der Waals surface area contributed by atoms with Crippen LogP contribution in [0.25, 0.3) is 0 Å². The Morgan fingerprint density at radius 3 is 2.29 bits per heavy atom. The average molecular weight is 199 g/mol. The monoisotopic (exact) mass is 199 g/mol. The molecule has 0 saturated carbocycles. The number of nitrogens with one attached hydrogen (secondary N) is 1. The van der Waals surface area contributed by atoms with Crippen molar-refractivity contribution in [3.05, 3.63) is 0 Å². The Labute approximate surface area is 86.2 Å². The second kappa shape index (κ2) is 3.47. The molecule has 3 nitrogen and oxygen atoms in total. The van der Waals surface area contributed by atoms with Gasteiger partial charge in [0.1, 0.15) is 0 Å². The van der Waals surface area contributed by atoms with Gasteiger partial charge in [-0.2, -0.15) is 0 Å². The van der Waals surface area contributed by atoms with Gasteiger partial charge in [-0.05, 0) is 19.9 Å². The predicted octanol–water partition coefficient (Wildman–Crippen LogP) is 1.39. The van der Waals surface area contributed by atoms with Crippen LogP contribution >= 0.6 is 0 Å². The van der Waals surface area contributed by atoms with Gasteiger partial charge in [0.05, 0.1) is 13.2 Å². The van der Waals surface area contributed by atoms with Crippen LogP contribution in [0.3, 0.4) is 0 Å². The summed E-state index contributed by atoms with van der Waals surface area (Å²) in [5.74, 6) is 0.164. The van der Waals surface area contributed by atoms with Gasteiger partial charge in [-0.15, -0.1) is 0 Å². The molecular weight excluding hydrogens is 178 g/mol. The van der Waals surface area contributed by atoms with E-state index in [-0.39, 0.29) is 11.2 Å². The lowest BCUT2D eigenvalue weighted by Crippen LogP contribution is -2.50. The summed E-state index contributed by atoms with van der Waals surface area (Å²) in [5.41, 5.74) is 0.172. The summed E-state index contributed by atoms with van der Waals surface area (Å²) < 4.78 is 11.8. The molecule has 0 amide bonds. The molecule has 0 aromatic carbocycles. The SMILES string of the molecule is CC1(C)COC(C)(C2CCNC2)OC1. The van der Waals surface area contributed by atoms with Gasteiger partial charge in [0.25, 0.3) is 0 Å². The van der Waals surface area contributed by atoms with Gasteiger partial charge in [0.15, 0.2) is 5.79 Å². The van der Waals surface area contributed by atoms with E-state index in [0.717, 1.165) is 32.7 Å². The molecule has 2 saturated heterocycles. The summed E-state index contributed by atoms with van der Waals surface area (Å²) in [7, 11) is 0. The second-order valence-corrected chi connectivity index (χ2v) is 5.45. The van der Waals surface area contributed by atoms with Crippen LogP contribution in [-0.4, -0.2) is 32.1 Å². The molecule has 0 bridgehead atoms. The highest BCUT2D eigenvalue weighted by Gasteiger charge is 2.43. The van der Waals surface area contributed by atoms with Crippen LogP contribution in [0.2, 0.25) is 0 Å². The lowest BCUT2D eigenvalue weighted by atomic mass is 9.91. The third kappa shape index (κ3) is 1.95. The number of ether oxygens (including phenoxy) is 2. The van der Waals surface area contributed by atoms with Crippen molar-refractivity contribution in [1.82, 2.24) is 5.32 Å². The van der Waals surface area contributed by atoms with Crippen LogP contribution < -0.4 is 5.32 Å². The highest BCUT2D eigenvalue weighted by Crippen LogP contribution is 2.36. The van der Waals surface area contributed by atoms with Gasteiger partial charge in [0, 0.05) is 17.9 Å². The van der Waals surface area contributed by atoms with Crippen LogP contribution in [0.1, 0.15) is 27.2 Å². The molecule has 0 aromatic rings. The fourth-order valence-corrected chi connectivity index (χ4v) is 2.10. The quantitative estimate of drug-likeness (QED) is 0.692. The molecule has 0 aromatic heterocycles. The summed E-state index contributed by atoms with van der Waals surface area (Å²) in [4.78, 5) is 0. The maximum atomic E-state index is 5.90. The summed E-state index contributed by atoms with van der Waals surface area (Å²) in [6.07, 6.45) is 1.16. The lowest BCUT2D eigenvalue weighted by Gasteiger charge is -2.44. The molecule has 1 unspecified atom stereocenters. The van der Waals surface area contributed by atoms with Gasteiger partial charge >= 0.3 is 0 Å². The molecule has 2 fully saturated rings. The van der Waals surface area contributed by atoms with Gasteiger partial charge in [-0.1, -0.05) is 13.8 Å². The second-order valence-electron chi connectivity index (χ2n) is 5.45. The fraction of sp³-hybridized carbons (Fsp3) is 1.00. The van der Waals surface area contributed by atoms with E-state index >= 15 is 0 Å². The summed E-state index contributed by atoms with van der Waals surface area (Å²) in [6.45, 7) is 10.2. The summed E-state index contributed by atoms with van der Waals surface area (Å²) in [5, 5.41) is 3.36. The Morgan fingerprint density at radius 1 is 1.14 bits per heavy atom. The summed E-state index contributed by atoms with van der Waals surface area (Å²) >= 11 is 0. The van der Waals surface area contributed by atoms with Crippen LogP contribution in [0, 0.1) is 11.3 Å². The van der Waals surface area contributed by atoms with E-state index in [1.165, 1.54) is 0 Å². The third-order valence-electron chi connectivity index (χ3n) is 3.30. The molecule has 1 N–H and O–H groups in total. The highest BCUT2D eigenvalue weighted by atomic mass is 16.7. The first-order valence-electron chi connectivity index (χ1n) is 5.50. The lowest BCUT2D eigenvalue weighted by molar-refractivity contribution is -0.310. The number of hydrogen-bond donors (Lipinski definition) is 1. The van der Waals surface area contributed by atoms with Gasteiger partial charge in [-0.3, -0.25) is 0 Å². The average Bonchev–Trinajstić information content (AvgIpc) is 2.64. The molecular formula is C11H21NO2. The van der Waals surface area contributed by atoms with Crippen LogP contribution in [-0.2, 0) is 9.47 Å². The molecule has 0 radical (unpaired) electrons. The molecule has 2 aliphatic heterocycles. The molecule has 0 aliphatic carbocycles. The van der Waals surface area contributed by atoms with Crippen molar-refractivity contribution in [1.29, 1.82) is 0 Å². The molecule has 82 valence electrons. The predicted molar refractivity (Wildman–Crippen MR) is 55.1 cm³/mol. The first-order chi connectivity index (χ1) is 6.52. The van der Waals surface area contributed by atoms with E-state index in [4.69, 9.17) is 9.47 Å². The Morgan fingerprint density at radius 2 is 1.79 bits per heavy atom. The van der Waals surface area contributed by atoms with Crippen LogP contribution in [0.15, 0.2) is 0 Å². The Kier molecular flexibility index (Phi) is 2.58. The van der Waals surface area contributed by atoms with E-state index in [1.54, 1.807) is 0 Å². The molecule has 1 atom stereocenters. The van der Waals surface area contributed by atoms with E-state index in [9.17, 15) is 0 Å². The number of hydrogen-bond acceptors (Lipinski definition) is 3. The maximum Gasteiger partial charge on any atom is 0.169 e. The van der Waals surface area contributed by atoms with Gasteiger partial charge in [-0.25, -0.2) is 0 Å². The van der Waals surface area contributed by atoms with E-state index in [1.807, 2.05) is 0 Å². The minimum Gasteiger partial charge on any atom is -0.349 e. The Hall–Kier alpha value is -0.120. The van der Waals surface area contributed by atoms with E-state index in [2.05, 4.69) is 26.1 Å². The topological polar surface area (TPSA) is 30.5 Å². The van der Waals surface area contributed by atoms with Crippen molar-refractivity contribution in [3.63, 3.8) is 0 Å². The normalized spacial score (nSPS) is 35.8. The highest BCUT2D eigenvalue weighted by molar-refractivity contribution is 4.86. The minimum absolute atomic E-state index is 0.172. The third-order valence-corrected chi connectivity index (χ3v) is 3.30. The van der Waals surface area contributed by atoms with Gasteiger partial charge in [0.2, 0.25) is 0 Å².